The van der Waals surface area contributed by atoms with Crippen LogP contribution in [0, 0.1) is 0 Å². The molecule has 0 saturated carbocycles. The maximum atomic E-state index is 12.5. The van der Waals surface area contributed by atoms with Crippen molar-refractivity contribution >= 4 is 5.91 Å². The number of aliphatic hydroxyl groups is 2. The van der Waals surface area contributed by atoms with Crippen molar-refractivity contribution in [3.8, 4) is 0 Å². The van der Waals surface area contributed by atoms with Gasteiger partial charge in [0.25, 0.3) is 0 Å². The predicted octanol–water partition coefficient (Wildman–Crippen LogP) is 20.0. The average molecular weight is 969 g/mol. The summed E-state index contributed by atoms with van der Waals surface area (Å²) in [5.74, 6) is -0.0426. The van der Waals surface area contributed by atoms with E-state index in [2.05, 4.69) is 141 Å². The Morgan fingerprint density at radius 1 is 0.357 bits per heavy atom. The summed E-state index contributed by atoms with van der Waals surface area (Å²) in [6, 6.07) is -0.550. The molecule has 70 heavy (non-hydrogen) atoms. The standard InChI is InChI=1S/C66H113NO3/c1-3-5-7-9-11-13-15-17-19-21-23-24-25-26-27-28-29-30-31-32-33-34-35-36-37-38-39-40-41-42-44-46-48-50-52-54-56-58-60-62-66(70)67-64(63-68)65(69)61-59-57-55-53-51-49-47-45-43-22-20-18-16-14-12-10-8-6-4-2/h5,7,11,13,17,19,23-24,26-27,29-30,32-33,35-36,38-39,41-42,64-65,68-69H,3-4,6,8-10,12,14-16,18,20-22,25,28,31,34,37,40,43-63H2,1-2H3,(H,67,70)/b7-5-,13-11-,19-17-,24-23-,27-26-,30-29-,33-32-,36-35-,39-38-,42-41-. The van der Waals surface area contributed by atoms with Crippen LogP contribution >= 0.6 is 0 Å². The molecule has 0 aromatic rings. The number of unbranched alkanes of at least 4 members (excludes halogenated alkanes) is 26. The Morgan fingerprint density at radius 2 is 0.629 bits per heavy atom. The molecular weight excluding hydrogens is 855 g/mol. The third kappa shape index (κ3) is 55.7. The summed E-state index contributed by atoms with van der Waals surface area (Å²) in [7, 11) is 0. The first kappa shape index (κ1) is 66.8. The lowest BCUT2D eigenvalue weighted by atomic mass is 10.0. The van der Waals surface area contributed by atoms with Crippen LogP contribution in [-0.4, -0.2) is 34.9 Å². The highest BCUT2D eigenvalue weighted by atomic mass is 16.3. The zero-order valence-corrected chi connectivity index (χ0v) is 46.0. The molecule has 0 spiro atoms. The molecule has 2 atom stereocenters. The number of nitrogens with one attached hydrogen (secondary N) is 1. The number of rotatable bonds is 53. The smallest absolute Gasteiger partial charge is 0.220 e. The van der Waals surface area contributed by atoms with Gasteiger partial charge in [-0.3, -0.25) is 4.79 Å². The van der Waals surface area contributed by atoms with Gasteiger partial charge in [0, 0.05) is 6.42 Å². The third-order valence-corrected chi connectivity index (χ3v) is 13.0. The second-order valence-corrected chi connectivity index (χ2v) is 19.7. The highest BCUT2D eigenvalue weighted by Gasteiger charge is 2.20. The molecule has 0 aliphatic heterocycles. The zero-order chi connectivity index (χ0) is 50.6. The second kappa shape index (κ2) is 60.1. The van der Waals surface area contributed by atoms with E-state index in [1.165, 1.54) is 148 Å². The lowest BCUT2D eigenvalue weighted by Gasteiger charge is -2.22. The quantitative estimate of drug-likeness (QED) is 0.0420. The van der Waals surface area contributed by atoms with Crippen molar-refractivity contribution < 1.29 is 15.0 Å². The third-order valence-electron chi connectivity index (χ3n) is 13.0. The lowest BCUT2D eigenvalue weighted by Crippen LogP contribution is -2.45. The highest BCUT2D eigenvalue weighted by Crippen LogP contribution is 2.16. The Bertz CT molecular complexity index is 1380. The van der Waals surface area contributed by atoms with Crippen LogP contribution in [0.4, 0.5) is 0 Å². The molecule has 0 aliphatic carbocycles. The maximum Gasteiger partial charge on any atom is 0.220 e. The summed E-state index contributed by atoms with van der Waals surface area (Å²) in [5.41, 5.74) is 0. The molecule has 0 bridgehead atoms. The first-order chi connectivity index (χ1) is 34.7. The fraction of sp³-hybridized carbons (Fsp3) is 0.682. The van der Waals surface area contributed by atoms with Gasteiger partial charge >= 0.3 is 0 Å². The number of amides is 1. The summed E-state index contributed by atoms with van der Waals surface area (Å²) >= 11 is 0. The van der Waals surface area contributed by atoms with Gasteiger partial charge in [0.05, 0.1) is 18.8 Å². The number of hydrogen-bond donors (Lipinski definition) is 3. The van der Waals surface area contributed by atoms with Crippen molar-refractivity contribution in [1.29, 1.82) is 0 Å². The molecule has 0 aromatic carbocycles. The van der Waals surface area contributed by atoms with Gasteiger partial charge in [-0.25, -0.2) is 0 Å². The van der Waals surface area contributed by atoms with E-state index in [0.717, 1.165) is 96.3 Å². The van der Waals surface area contributed by atoms with Crippen LogP contribution < -0.4 is 5.32 Å². The number of allylic oxidation sites excluding steroid dienone is 20. The van der Waals surface area contributed by atoms with Gasteiger partial charge in [0.2, 0.25) is 5.91 Å². The zero-order valence-electron chi connectivity index (χ0n) is 46.0. The summed E-state index contributed by atoms with van der Waals surface area (Å²) in [6.07, 6.45) is 91.8. The Kier molecular flexibility index (Phi) is 57.3. The first-order valence-corrected chi connectivity index (χ1v) is 29.7. The molecule has 4 nitrogen and oxygen atoms in total. The van der Waals surface area contributed by atoms with Crippen molar-refractivity contribution in [2.45, 2.75) is 283 Å². The van der Waals surface area contributed by atoms with E-state index >= 15 is 0 Å². The van der Waals surface area contributed by atoms with E-state index in [4.69, 9.17) is 0 Å². The molecule has 1 amide bonds. The number of aliphatic hydroxyl groups excluding tert-OH is 2. The van der Waals surface area contributed by atoms with Gasteiger partial charge in [-0.2, -0.15) is 0 Å². The van der Waals surface area contributed by atoms with Crippen molar-refractivity contribution in [2.75, 3.05) is 6.61 Å². The molecular formula is C66H113NO3. The summed E-state index contributed by atoms with van der Waals surface area (Å²) in [6.45, 7) is 4.25. The molecule has 0 fully saturated rings. The van der Waals surface area contributed by atoms with E-state index in [0.29, 0.717) is 12.8 Å². The molecule has 400 valence electrons. The first-order valence-electron chi connectivity index (χ1n) is 29.7. The van der Waals surface area contributed by atoms with Crippen LogP contribution in [0.25, 0.3) is 0 Å². The Balaban J connectivity index is 3.59. The molecule has 4 heteroatoms. The Labute approximate surface area is 435 Å². The van der Waals surface area contributed by atoms with E-state index in [-0.39, 0.29) is 12.5 Å². The Hall–Kier alpha value is -3.21. The van der Waals surface area contributed by atoms with Crippen LogP contribution in [-0.2, 0) is 4.79 Å². The van der Waals surface area contributed by atoms with Crippen molar-refractivity contribution in [1.82, 2.24) is 5.32 Å². The van der Waals surface area contributed by atoms with Crippen LogP contribution in [0.1, 0.15) is 271 Å². The monoisotopic (exact) mass is 968 g/mol. The van der Waals surface area contributed by atoms with Gasteiger partial charge < -0.3 is 15.5 Å². The molecule has 0 radical (unpaired) electrons. The van der Waals surface area contributed by atoms with Gasteiger partial charge in [-0.1, -0.05) is 296 Å². The number of carbonyl (C=O) groups excluding carboxylic acids is 1. The SMILES string of the molecule is CC/C=C\C/C=C\C/C=C\C/C=C\C/C=C\C/C=C\C/C=C\C/C=C\C/C=C\C/C=C\CCCCCCCCCCC(=O)NC(CO)C(O)CCCCCCCCCCCCCCCCCCCCC. The Morgan fingerprint density at radius 3 is 0.943 bits per heavy atom. The molecule has 0 heterocycles. The minimum absolute atomic E-state index is 0.0426. The predicted molar refractivity (Wildman–Crippen MR) is 312 cm³/mol. The van der Waals surface area contributed by atoms with Gasteiger partial charge in [-0.15, -0.1) is 0 Å². The summed E-state index contributed by atoms with van der Waals surface area (Å²) < 4.78 is 0. The fourth-order valence-electron chi connectivity index (χ4n) is 8.51. The van der Waals surface area contributed by atoms with Gasteiger partial charge in [0.15, 0.2) is 0 Å². The number of carbonyl (C=O) groups is 1. The molecule has 0 rings (SSSR count). The van der Waals surface area contributed by atoms with E-state index in [1.807, 2.05) is 0 Å². The molecule has 3 N–H and O–H groups in total. The minimum Gasteiger partial charge on any atom is -0.394 e. The number of hydrogen-bond acceptors (Lipinski definition) is 3. The minimum atomic E-state index is -0.671. The van der Waals surface area contributed by atoms with Crippen LogP contribution in [0.2, 0.25) is 0 Å². The van der Waals surface area contributed by atoms with Crippen molar-refractivity contribution in [3.63, 3.8) is 0 Å². The lowest BCUT2D eigenvalue weighted by molar-refractivity contribution is -0.123. The summed E-state index contributed by atoms with van der Waals surface area (Å²) in [5, 5.41) is 23.3. The van der Waals surface area contributed by atoms with Crippen LogP contribution in [0.3, 0.4) is 0 Å². The maximum absolute atomic E-state index is 12.5. The molecule has 0 saturated heterocycles. The van der Waals surface area contributed by atoms with Crippen molar-refractivity contribution in [3.05, 3.63) is 122 Å². The summed E-state index contributed by atoms with van der Waals surface area (Å²) in [4.78, 5) is 12.5. The molecule has 0 aliphatic rings. The van der Waals surface area contributed by atoms with Gasteiger partial charge in [-0.05, 0) is 89.9 Å². The topological polar surface area (TPSA) is 69.6 Å². The van der Waals surface area contributed by atoms with E-state index in [9.17, 15) is 15.0 Å². The average Bonchev–Trinajstić information content (AvgIpc) is 3.36. The van der Waals surface area contributed by atoms with Crippen LogP contribution in [0.5, 0.6) is 0 Å². The van der Waals surface area contributed by atoms with E-state index in [1.54, 1.807) is 0 Å². The van der Waals surface area contributed by atoms with Gasteiger partial charge in [0.1, 0.15) is 0 Å². The normalized spacial score (nSPS) is 13.7. The largest absolute Gasteiger partial charge is 0.394 e. The fourth-order valence-corrected chi connectivity index (χ4v) is 8.51. The molecule has 0 aromatic heterocycles. The highest BCUT2D eigenvalue weighted by molar-refractivity contribution is 5.76. The molecule has 2 unspecified atom stereocenters. The van der Waals surface area contributed by atoms with Crippen LogP contribution in [0.15, 0.2) is 122 Å². The van der Waals surface area contributed by atoms with E-state index < -0.39 is 12.1 Å². The second-order valence-electron chi connectivity index (χ2n) is 19.7. The van der Waals surface area contributed by atoms with Crippen molar-refractivity contribution in [2.24, 2.45) is 0 Å².